The van der Waals surface area contributed by atoms with Crippen LogP contribution in [0.15, 0.2) is 66.7 Å². The van der Waals surface area contributed by atoms with E-state index in [9.17, 15) is 13.2 Å². The lowest BCUT2D eigenvalue weighted by molar-refractivity contribution is -0.114. The summed E-state index contributed by atoms with van der Waals surface area (Å²) >= 11 is 6.13. The molecular weight excluding hydrogens is 480 g/mol. The fourth-order valence-corrected chi connectivity index (χ4v) is 4.55. The number of halogens is 1. The van der Waals surface area contributed by atoms with E-state index in [1.54, 1.807) is 48.5 Å². The molecule has 4 rings (SSSR count). The van der Waals surface area contributed by atoms with Crippen LogP contribution in [-0.4, -0.2) is 39.8 Å². The number of hydrogen-bond acceptors (Lipinski definition) is 6. The summed E-state index contributed by atoms with van der Waals surface area (Å²) in [6.45, 7) is 1.84. The molecule has 0 bridgehead atoms. The second kappa shape index (κ2) is 10.2. The third-order valence-corrected chi connectivity index (χ3v) is 6.96. The minimum atomic E-state index is -3.78. The van der Waals surface area contributed by atoms with E-state index in [2.05, 4.69) is 5.32 Å². The highest BCUT2D eigenvalue weighted by atomic mass is 35.5. The zero-order valence-electron chi connectivity index (χ0n) is 18.4. The predicted molar refractivity (Wildman–Crippen MR) is 131 cm³/mol. The highest BCUT2D eigenvalue weighted by Crippen LogP contribution is 2.35. The molecule has 3 aromatic carbocycles. The van der Waals surface area contributed by atoms with Crippen molar-refractivity contribution in [1.82, 2.24) is 0 Å². The Labute approximate surface area is 203 Å². The molecule has 178 valence electrons. The van der Waals surface area contributed by atoms with Gasteiger partial charge in [0.2, 0.25) is 15.9 Å². The third kappa shape index (κ3) is 5.55. The van der Waals surface area contributed by atoms with Gasteiger partial charge in [0, 0.05) is 11.1 Å². The van der Waals surface area contributed by atoms with Gasteiger partial charge in [0.1, 0.15) is 25.5 Å². The number of hydrogen-bond donors (Lipinski definition) is 1. The Morgan fingerprint density at radius 2 is 1.76 bits per heavy atom. The van der Waals surface area contributed by atoms with Crippen LogP contribution in [0.1, 0.15) is 6.92 Å². The van der Waals surface area contributed by atoms with Crippen molar-refractivity contribution >= 4 is 38.9 Å². The van der Waals surface area contributed by atoms with E-state index in [-0.39, 0.29) is 5.75 Å². The third-order valence-electron chi connectivity index (χ3n) is 4.99. The number of nitrogens with one attached hydrogen (secondary N) is 1. The molecule has 1 heterocycles. The van der Waals surface area contributed by atoms with Gasteiger partial charge in [-0.1, -0.05) is 29.8 Å². The van der Waals surface area contributed by atoms with E-state index in [4.69, 9.17) is 25.8 Å². The smallest absolute Gasteiger partial charge is 0.245 e. The van der Waals surface area contributed by atoms with Gasteiger partial charge >= 0.3 is 0 Å². The minimum Gasteiger partial charge on any atom is -0.486 e. The molecule has 0 fully saturated rings. The van der Waals surface area contributed by atoms with Crippen molar-refractivity contribution in [2.45, 2.75) is 6.92 Å². The van der Waals surface area contributed by atoms with Crippen molar-refractivity contribution in [2.75, 3.05) is 35.1 Å². The van der Waals surface area contributed by atoms with E-state index in [1.165, 1.54) is 6.92 Å². The number of ether oxygens (including phenoxy) is 3. The van der Waals surface area contributed by atoms with Crippen molar-refractivity contribution in [2.24, 2.45) is 0 Å². The van der Waals surface area contributed by atoms with Crippen LogP contribution < -0.4 is 23.8 Å². The molecule has 0 aliphatic carbocycles. The molecular formula is C24H23ClN2O6S. The molecule has 0 unspecified atom stereocenters. The predicted octanol–water partition coefficient (Wildman–Crippen LogP) is 4.70. The Bertz CT molecular complexity index is 1280. The lowest BCUT2D eigenvalue weighted by Gasteiger charge is -2.26. The number of rotatable bonds is 8. The molecule has 0 saturated heterocycles. The zero-order chi connectivity index (χ0) is 24.1. The summed E-state index contributed by atoms with van der Waals surface area (Å²) < 4.78 is 43.7. The number of para-hydroxylation sites is 1. The van der Waals surface area contributed by atoms with E-state index >= 15 is 0 Å². The summed E-state index contributed by atoms with van der Waals surface area (Å²) in [5, 5.41) is 3.11. The molecule has 0 aromatic heterocycles. The molecule has 0 spiro atoms. The number of anilines is 2. The highest BCUT2D eigenvalue weighted by molar-refractivity contribution is 7.92. The Kier molecular flexibility index (Phi) is 7.14. The summed E-state index contributed by atoms with van der Waals surface area (Å²) in [7, 11) is -3.78. The lowest BCUT2D eigenvalue weighted by atomic mass is 10.2. The maximum absolute atomic E-state index is 13.0. The van der Waals surface area contributed by atoms with Crippen molar-refractivity contribution in [3.8, 4) is 23.0 Å². The van der Waals surface area contributed by atoms with Gasteiger partial charge in [0.15, 0.2) is 17.2 Å². The number of carbonyl (C=O) groups is 1. The zero-order valence-corrected chi connectivity index (χ0v) is 19.9. The van der Waals surface area contributed by atoms with Gasteiger partial charge in [-0.05, 0) is 49.4 Å². The van der Waals surface area contributed by atoms with Gasteiger partial charge in [-0.25, -0.2) is 8.42 Å². The molecule has 1 amide bonds. The quantitative estimate of drug-likeness (QED) is 0.480. The number of amides is 1. The summed E-state index contributed by atoms with van der Waals surface area (Å²) in [6.07, 6.45) is 0. The minimum absolute atomic E-state index is 0.186. The Morgan fingerprint density at radius 3 is 2.50 bits per heavy atom. The molecule has 0 atom stereocenters. The largest absolute Gasteiger partial charge is 0.486 e. The summed E-state index contributed by atoms with van der Waals surface area (Å²) in [4.78, 5) is 13.0. The van der Waals surface area contributed by atoms with Crippen LogP contribution in [0.3, 0.4) is 0 Å². The highest BCUT2D eigenvalue weighted by Gasteiger charge is 2.26. The first-order valence-corrected chi connectivity index (χ1v) is 12.6. The van der Waals surface area contributed by atoms with Crippen LogP contribution in [-0.2, 0) is 14.8 Å². The Balaban J connectivity index is 1.58. The van der Waals surface area contributed by atoms with Gasteiger partial charge < -0.3 is 19.5 Å². The Morgan fingerprint density at radius 1 is 1.03 bits per heavy atom. The van der Waals surface area contributed by atoms with Crippen molar-refractivity contribution in [1.29, 1.82) is 0 Å². The number of benzene rings is 3. The SMILES string of the molecule is CCS(=O)(=O)N(CC(=O)Nc1cc(Cl)ccc1Oc1ccccc1)c1ccc2c(c1)OCCO2. The Hall–Kier alpha value is -3.43. The number of sulfonamides is 1. The van der Waals surface area contributed by atoms with E-state index in [1.807, 2.05) is 18.2 Å². The standard InChI is InChI=1S/C24H23ClN2O6S/c1-2-34(29,30)27(18-9-11-22-23(15-18)32-13-12-31-22)16-24(28)26-20-14-17(25)8-10-21(20)33-19-6-4-3-5-7-19/h3-11,14-15H,2,12-13,16H2,1H3,(H,26,28). The molecule has 8 nitrogen and oxygen atoms in total. The average molecular weight is 503 g/mol. The van der Waals surface area contributed by atoms with Gasteiger partial charge in [-0.2, -0.15) is 0 Å². The van der Waals surface area contributed by atoms with E-state index in [0.29, 0.717) is 52.6 Å². The van der Waals surface area contributed by atoms with Crippen LogP contribution in [0, 0.1) is 0 Å². The van der Waals surface area contributed by atoms with Crippen LogP contribution >= 0.6 is 11.6 Å². The van der Waals surface area contributed by atoms with E-state index < -0.39 is 22.5 Å². The van der Waals surface area contributed by atoms with Crippen molar-refractivity contribution < 1.29 is 27.4 Å². The maximum Gasteiger partial charge on any atom is 0.245 e. The second-order valence-corrected chi connectivity index (χ2v) is 9.96. The number of fused-ring (bicyclic) bond motifs is 1. The van der Waals surface area contributed by atoms with Gasteiger partial charge in [-0.3, -0.25) is 9.10 Å². The molecule has 34 heavy (non-hydrogen) atoms. The number of nitrogens with zero attached hydrogens (tertiary/aromatic N) is 1. The first-order valence-electron chi connectivity index (χ1n) is 10.6. The average Bonchev–Trinajstić information content (AvgIpc) is 2.84. The lowest BCUT2D eigenvalue weighted by Crippen LogP contribution is -2.39. The van der Waals surface area contributed by atoms with Gasteiger partial charge in [-0.15, -0.1) is 0 Å². The first kappa shape index (κ1) is 23.7. The van der Waals surface area contributed by atoms with Gasteiger partial charge in [0.05, 0.1) is 17.1 Å². The summed E-state index contributed by atoms with van der Waals surface area (Å²) in [5.41, 5.74) is 0.616. The summed E-state index contributed by atoms with van der Waals surface area (Å²) in [5.74, 6) is 1.14. The molecule has 3 aromatic rings. The molecule has 1 N–H and O–H groups in total. The van der Waals surface area contributed by atoms with Crippen LogP contribution in [0.2, 0.25) is 5.02 Å². The maximum atomic E-state index is 13.0. The fourth-order valence-electron chi connectivity index (χ4n) is 3.32. The van der Waals surface area contributed by atoms with Crippen molar-refractivity contribution in [3.05, 3.63) is 71.8 Å². The topological polar surface area (TPSA) is 94.2 Å². The summed E-state index contributed by atoms with van der Waals surface area (Å²) in [6, 6.07) is 18.6. The molecule has 1 aliphatic rings. The molecule has 0 radical (unpaired) electrons. The normalized spacial score (nSPS) is 12.6. The molecule has 1 aliphatic heterocycles. The van der Waals surface area contributed by atoms with Gasteiger partial charge in [0.25, 0.3) is 0 Å². The van der Waals surface area contributed by atoms with Crippen LogP contribution in [0.25, 0.3) is 0 Å². The fraction of sp³-hybridized carbons (Fsp3) is 0.208. The molecule has 10 heteroatoms. The first-order chi connectivity index (χ1) is 16.4. The van der Waals surface area contributed by atoms with E-state index in [0.717, 1.165) is 4.31 Å². The monoisotopic (exact) mass is 502 g/mol. The molecule has 0 saturated carbocycles. The van der Waals surface area contributed by atoms with Crippen LogP contribution in [0.5, 0.6) is 23.0 Å². The second-order valence-electron chi connectivity index (χ2n) is 7.34. The van der Waals surface area contributed by atoms with Crippen molar-refractivity contribution in [3.63, 3.8) is 0 Å². The van der Waals surface area contributed by atoms with Crippen LogP contribution in [0.4, 0.5) is 11.4 Å². The number of carbonyl (C=O) groups excluding carboxylic acids is 1.